The first kappa shape index (κ1) is 14.5. The molecule has 1 saturated carbocycles. The first-order valence-electron chi connectivity index (χ1n) is 6.62. The molecular weight excluding hydrogens is 218 g/mol. The Kier molecular flexibility index (Phi) is 6.52. The Balaban J connectivity index is 2.42. The summed E-state index contributed by atoms with van der Waals surface area (Å²) in [7, 11) is 1.66. The van der Waals surface area contributed by atoms with Gasteiger partial charge in [0.2, 0.25) is 5.91 Å². The molecule has 17 heavy (non-hydrogen) atoms. The van der Waals surface area contributed by atoms with Crippen molar-refractivity contribution in [3.05, 3.63) is 0 Å². The Morgan fingerprint density at radius 1 is 1.47 bits per heavy atom. The highest BCUT2D eigenvalue weighted by molar-refractivity contribution is 5.76. The van der Waals surface area contributed by atoms with E-state index in [0.717, 1.165) is 19.3 Å². The smallest absolute Gasteiger partial charge is 0.222 e. The molecule has 0 heterocycles. The van der Waals surface area contributed by atoms with E-state index >= 15 is 0 Å². The largest absolute Gasteiger partial charge is 0.395 e. The molecule has 0 aliphatic heterocycles. The Bertz CT molecular complexity index is 227. The maximum atomic E-state index is 12.1. The van der Waals surface area contributed by atoms with E-state index in [0.29, 0.717) is 19.0 Å². The summed E-state index contributed by atoms with van der Waals surface area (Å²) in [6, 6.07) is 0.354. The number of methoxy groups -OCH3 is 1. The molecule has 0 aromatic rings. The number of hydrogen-bond donors (Lipinski definition) is 1. The van der Waals surface area contributed by atoms with Gasteiger partial charge in [-0.15, -0.1) is 0 Å². The number of nitrogens with zero attached hydrogens (tertiary/aromatic N) is 1. The van der Waals surface area contributed by atoms with E-state index < -0.39 is 0 Å². The minimum Gasteiger partial charge on any atom is -0.395 e. The molecule has 1 N–H and O–H groups in total. The highest BCUT2D eigenvalue weighted by Gasteiger charge is 2.25. The summed E-state index contributed by atoms with van der Waals surface area (Å²) in [5, 5.41) is 9.05. The molecule has 0 radical (unpaired) electrons. The van der Waals surface area contributed by atoms with Crippen molar-refractivity contribution < 1.29 is 14.6 Å². The van der Waals surface area contributed by atoms with Gasteiger partial charge in [-0.05, 0) is 26.2 Å². The predicted molar refractivity (Wildman–Crippen MR) is 66.8 cm³/mol. The second-order valence-electron chi connectivity index (χ2n) is 4.83. The highest BCUT2D eigenvalue weighted by atomic mass is 16.5. The molecule has 1 aliphatic carbocycles. The van der Waals surface area contributed by atoms with Crippen LogP contribution in [0.2, 0.25) is 0 Å². The zero-order valence-electron chi connectivity index (χ0n) is 11.0. The molecule has 4 heteroatoms. The van der Waals surface area contributed by atoms with Gasteiger partial charge < -0.3 is 14.7 Å². The zero-order chi connectivity index (χ0) is 12.7. The molecule has 0 bridgehead atoms. The summed E-state index contributed by atoms with van der Waals surface area (Å²) in [5.41, 5.74) is 0. The third kappa shape index (κ3) is 4.64. The van der Waals surface area contributed by atoms with Crippen LogP contribution in [0.15, 0.2) is 0 Å². The normalized spacial score (nSPS) is 18.3. The molecular formula is C13H25NO3. The molecule has 1 aliphatic rings. The Hall–Kier alpha value is -0.610. The van der Waals surface area contributed by atoms with Gasteiger partial charge in [0.25, 0.3) is 0 Å². The number of aliphatic hydroxyl groups is 1. The quantitative estimate of drug-likeness (QED) is 0.738. The molecule has 100 valence electrons. The number of rotatable bonds is 7. The summed E-state index contributed by atoms with van der Waals surface area (Å²) in [4.78, 5) is 14.0. The van der Waals surface area contributed by atoms with Gasteiger partial charge in [-0.1, -0.05) is 12.8 Å². The van der Waals surface area contributed by atoms with Gasteiger partial charge in [0.15, 0.2) is 0 Å². The predicted octanol–water partition coefficient (Wildman–Crippen LogP) is 1.56. The van der Waals surface area contributed by atoms with E-state index in [9.17, 15) is 4.79 Å². The minimum atomic E-state index is 0.0576. The van der Waals surface area contributed by atoms with Crippen molar-refractivity contribution >= 4 is 5.91 Å². The van der Waals surface area contributed by atoms with Gasteiger partial charge in [-0.3, -0.25) is 4.79 Å². The Morgan fingerprint density at radius 2 is 2.12 bits per heavy atom. The fourth-order valence-electron chi connectivity index (χ4n) is 2.42. The van der Waals surface area contributed by atoms with E-state index in [-0.39, 0.29) is 18.6 Å². The van der Waals surface area contributed by atoms with Gasteiger partial charge in [-0.2, -0.15) is 0 Å². The standard InChI is InChI=1S/C13H25NO3/c1-11(17-2)7-8-13(16)14(9-10-15)12-5-3-4-6-12/h11-12,15H,3-10H2,1-2H3. The molecule has 1 fully saturated rings. The van der Waals surface area contributed by atoms with Crippen LogP contribution in [0.1, 0.15) is 45.4 Å². The third-order valence-electron chi connectivity index (χ3n) is 3.59. The molecule has 1 rings (SSSR count). The fourth-order valence-corrected chi connectivity index (χ4v) is 2.42. The van der Waals surface area contributed by atoms with Gasteiger partial charge in [0.1, 0.15) is 0 Å². The van der Waals surface area contributed by atoms with Crippen molar-refractivity contribution in [2.75, 3.05) is 20.3 Å². The fraction of sp³-hybridized carbons (Fsp3) is 0.923. The van der Waals surface area contributed by atoms with Crippen LogP contribution in [0.25, 0.3) is 0 Å². The highest BCUT2D eigenvalue weighted by Crippen LogP contribution is 2.24. The average molecular weight is 243 g/mol. The first-order valence-corrected chi connectivity index (χ1v) is 6.62. The van der Waals surface area contributed by atoms with Crippen LogP contribution < -0.4 is 0 Å². The van der Waals surface area contributed by atoms with Crippen molar-refractivity contribution in [1.82, 2.24) is 4.90 Å². The molecule has 1 amide bonds. The molecule has 1 unspecified atom stereocenters. The first-order chi connectivity index (χ1) is 8.19. The summed E-state index contributed by atoms with van der Waals surface area (Å²) in [5.74, 6) is 0.162. The lowest BCUT2D eigenvalue weighted by atomic mass is 10.1. The number of aliphatic hydroxyl groups excluding tert-OH is 1. The molecule has 0 saturated heterocycles. The van der Waals surface area contributed by atoms with E-state index in [1.165, 1.54) is 12.8 Å². The topological polar surface area (TPSA) is 49.8 Å². The van der Waals surface area contributed by atoms with Gasteiger partial charge in [0, 0.05) is 26.1 Å². The number of carbonyl (C=O) groups is 1. The van der Waals surface area contributed by atoms with Crippen LogP contribution in [0.5, 0.6) is 0 Å². The van der Waals surface area contributed by atoms with Crippen molar-refractivity contribution in [3.8, 4) is 0 Å². The maximum absolute atomic E-state index is 12.1. The second kappa shape index (κ2) is 7.67. The van der Waals surface area contributed by atoms with E-state index in [1.807, 2.05) is 11.8 Å². The molecule has 1 atom stereocenters. The van der Waals surface area contributed by atoms with Crippen LogP contribution in [0.4, 0.5) is 0 Å². The summed E-state index contributed by atoms with van der Waals surface area (Å²) < 4.78 is 5.15. The van der Waals surface area contributed by atoms with Crippen LogP contribution in [0.3, 0.4) is 0 Å². The SMILES string of the molecule is COC(C)CCC(=O)N(CCO)C1CCCC1. The number of ether oxygens (including phenoxy) is 1. The van der Waals surface area contributed by atoms with Gasteiger partial charge >= 0.3 is 0 Å². The molecule has 4 nitrogen and oxygen atoms in total. The van der Waals surface area contributed by atoms with E-state index in [2.05, 4.69) is 0 Å². The van der Waals surface area contributed by atoms with Crippen LogP contribution in [-0.2, 0) is 9.53 Å². The number of hydrogen-bond acceptors (Lipinski definition) is 3. The Labute approximate surface area is 104 Å². The molecule has 0 aromatic heterocycles. The van der Waals surface area contributed by atoms with Crippen molar-refractivity contribution in [2.45, 2.75) is 57.6 Å². The lowest BCUT2D eigenvalue weighted by molar-refractivity contribution is -0.134. The van der Waals surface area contributed by atoms with E-state index in [1.54, 1.807) is 7.11 Å². The summed E-state index contributed by atoms with van der Waals surface area (Å²) >= 11 is 0. The number of carbonyl (C=O) groups excluding carboxylic acids is 1. The number of amides is 1. The molecule has 0 aromatic carbocycles. The van der Waals surface area contributed by atoms with Crippen LogP contribution in [0, 0.1) is 0 Å². The lowest BCUT2D eigenvalue weighted by Gasteiger charge is -2.28. The Morgan fingerprint density at radius 3 is 2.65 bits per heavy atom. The van der Waals surface area contributed by atoms with Gasteiger partial charge in [0.05, 0.1) is 12.7 Å². The lowest BCUT2D eigenvalue weighted by Crippen LogP contribution is -2.40. The van der Waals surface area contributed by atoms with Crippen molar-refractivity contribution in [3.63, 3.8) is 0 Å². The van der Waals surface area contributed by atoms with Crippen molar-refractivity contribution in [1.29, 1.82) is 0 Å². The third-order valence-corrected chi connectivity index (χ3v) is 3.59. The van der Waals surface area contributed by atoms with Crippen molar-refractivity contribution in [2.24, 2.45) is 0 Å². The van der Waals surface area contributed by atoms with E-state index in [4.69, 9.17) is 9.84 Å². The maximum Gasteiger partial charge on any atom is 0.222 e. The summed E-state index contributed by atoms with van der Waals surface area (Å²) in [6.07, 6.45) is 5.98. The monoisotopic (exact) mass is 243 g/mol. The average Bonchev–Trinajstić information content (AvgIpc) is 2.86. The molecule has 0 spiro atoms. The second-order valence-corrected chi connectivity index (χ2v) is 4.83. The zero-order valence-corrected chi connectivity index (χ0v) is 11.0. The minimum absolute atomic E-state index is 0.0576. The van der Waals surface area contributed by atoms with Gasteiger partial charge in [-0.25, -0.2) is 0 Å². The summed E-state index contributed by atoms with van der Waals surface area (Å²) in [6.45, 7) is 2.51. The van der Waals surface area contributed by atoms with Crippen LogP contribution >= 0.6 is 0 Å². The van der Waals surface area contributed by atoms with Crippen LogP contribution in [-0.4, -0.2) is 48.3 Å².